The number of thiophene rings is 1. The predicted molar refractivity (Wildman–Crippen MR) is 62.7 cm³/mol. The van der Waals surface area contributed by atoms with Gasteiger partial charge in [0, 0.05) is 11.1 Å². The number of aromatic nitrogens is 2. The molecule has 14 heavy (non-hydrogen) atoms. The van der Waals surface area contributed by atoms with Crippen molar-refractivity contribution in [3.8, 4) is 0 Å². The van der Waals surface area contributed by atoms with Crippen LogP contribution in [0.3, 0.4) is 0 Å². The first-order chi connectivity index (χ1) is 6.75. The number of nitrogens with zero attached hydrogens (tertiary/aromatic N) is 1. The molecule has 0 atom stereocenters. The lowest BCUT2D eigenvalue weighted by Crippen LogP contribution is -2.00. The number of hydrogen-bond acceptors (Lipinski definition) is 3. The Bertz CT molecular complexity index is 421. The number of anilines is 1. The van der Waals surface area contributed by atoms with Crippen molar-refractivity contribution in [2.45, 2.75) is 13.5 Å². The quantitative estimate of drug-likeness (QED) is 0.901. The van der Waals surface area contributed by atoms with Gasteiger partial charge < -0.3 is 10.3 Å². The summed E-state index contributed by atoms with van der Waals surface area (Å²) in [5.74, 6) is 0.933. The molecule has 0 bridgehead atoms. The average molecular weight is 272 g/mol. The highest BCUT2D eigenvalue weighted by atomic mass is 79.9. The maximum absolute atomic E-state index is 4.18. The van der Waals surface area contributed by atoms with Gasteiger partial charge in [-0.05, 0) is 33.8 Å². The molecule has 0 saturated carbocycles. The van der Waals surface area contributed by atoms with Gasteiger partial charge in [0.25, 0.3) is 0 Å². The zero-order chi connectivity index (χ0) is 9.97. The zero-order valence-corrected chi connectivity index (χ0v) is 10.1. The van der Waals surface area contributed by atoms with Crippen molar-refractivity contribution in [1.29, 1.82) is 0 Å². The fourth-order valence-electron chi connectivity index (χ4n) is 1.15. The van der Waals surface area contributed by atoms with E-state index in [1.54, 1.807) is 17.5 Å². The van der Waals surface area contributed by atoms with Crippen molar-refractivity contribution in [3.63, 3.8) is 0 Å². The maximum atomic E-state index is 4.18. The topological polar surface area (TPSA) is 40.7 Å². The first-order valence-electron chi connectivity index (χ1n) is 4.22. The monoisotopic (exact) mass is 271 g/mol. The minimum absolute atomic E-state index is 0.725. The third kappa shape index (κ3) is 2.16. The fourth-order valence-corrected chi connectivity index (χ4v) is 2.28. The van der Waals surface area contributed by atoms with Gasteiger partial charge in [-0.15, -0.1) is 11.3 Å². The Morgan fingerprint density at radius 3 is 3.00 bits per heavy atom. The summed E-state index contributed by atoms with van der Waals surface area (Å²) in [5, 5.41) is 7.55. The Morgan fingerprint density at radius 1 is 1.57 bits per heavy atom. The third-order valence-corrected chi connectivity index (χ3v) is 3.16. The van der Waals surface area contributed by atoms with Gasteiger partial charge in [0.1, 0.15) is 10.4 Å². The maximum Gasteiger partial charge on any atom is 0.126 e. The van der Waals surface area contributed by atoms with Crippen LogP contribution >= 0.6 is 27.3 Å². The molecule has 74 valence electrons. The molecule has 0 aliphatic heterocycles. The molecule has 2 aromatic heterocycles. The molecule has 2 N–H and O–H groups in total. The molecule has 0 aliphatic rings. The second-order valence-corrected chi connectivity index (χ2v) is 4.60. The molecule has 0 unspecified atom stereocenters. The van der Waals surface area contributed by atoms with E-state index in [1.807, 2.05) is 0 Å². The molecule has 0 amide bonds. The Kier molecular flexibility index (Phi) is 2.88. The van der Waals surface area contributed by atoms with Gasteiger partial charge in [-0.25, -0.2) is 4.98 Å². The summed E-state index contributed by atoms with van der Waals surface area (Å²) in [6.45, 7) is 2.82. The van der Waals surface area contributed by atoms with E-state index >= 15 is 0 Å². The minimum Gasteiger partial charge on any atom is -0.377 e. The van der Waals surface area contributed by atoms with Gasteiger partial charge in [0.05, 0.1) is 12.7 Å². The number of nitrogens with one attached hydrogen (secondary N) is 2. The van der Waals surface area contributed by atoms with Crippen molar-refractivity contribution < 1.29 is 0 Å². The molecule has 0 aliphatic carbocycles. The van der Waals surface area contributed by atoms with E-state index in [2.05, 4.69) is 48.9 Å². The van der Waals surface area contributed by atoms with Gasteiger partial charge in [0.2, 0.25) is 0 Å². The molecule has 2 heterocycles. The van der Waals surface area contributed by atoms with Gasteiger partial charge in [-0.1, -0.05) is 0 Å². The molecule has 0 fully saturated rings. The van der Waals surface area contributed by atoms with Gasteiger partial charge in [0.15, 0.2) is 0 Å². The molecular formula is C9H10BrN3S. The van der Waals surface area contributed by atoms with E-state index < -0.39 is 0 Å². The van der Waals surface area contributed by atoms with Crippen LogP contribution in [0.25, 0.3) is 0 Å². The lowest BCUT2D eigenvalue weighted by molar-refractivity contribution is 0.996. The molecule has 0 spiro atoms. The van der Waals surface area contributed by atoms with Crippen LogP contribution in [0, 0.1) is 6.92 Å². The third-order valence-electron chi connectivity index (χ3n) is 1.90. The highest BCUT2D eigenvalue weighted by Crippen LogP contribution is 2.19. The van der Waals surface area contributed by atoms with E-state index in [9.17, 15) is 0 Å². The van der Waals surface area contributed by atoms with Crippen LogP contribution in [-0.4, -0.2) is 9.97 Å². The van der Waals surface area contributed by atoms with Crippen LogP contribution in [0.2, 0.25) is 0 Å². The largest absolute Gasteiger partial charge is 0.377 e. The molecule has 0 saturated heterocycles. The first-order valence-corrected chi connectivity index (χ1v) is 5.95. The van der Waals surface area contributed by atoms with E-state index in [-0.39, 0.29) is 0 Å². The first kappa shape index (κ1) is 9.73. The molecular weight excluding hydrogens is 262 g/mol. The molecule has 0 aromatic carbocycles. The van der Waals surface area contributed by atoms with Crippen LogP contribution in [0.1, 0.15) is 11.4 Å². The second kappa shape index (κ2) is 4.14. The van der Waals surface area contributed by atoms with E-state index in [4.69, 9.17) is 0 Å². The molecule has 2 aromatic rings. The average Bonchev–Trinajstić information content (AvgIpc) is 2.72. The molecule has 3 nitrogen and oxygen atoms in total. The lowest BCUT2D eigenvalue weighted by atomic mass is 10.3. The Morgan fingerprint density at radius 2 is 2.43 bits per heavy atom. The Hall–Kier alpha value is -0.810. The Labute approximate surface area is 94.7 Å². The van der Waals surface area contributed by atoms with E-state index in [0.717, 1.165) is 17.0 Å². The van der Waals surface area contributed by atoms with E-state index in [1.165, 1.54) is 11.3 Å². The number of aryl methyl sites for hydroxylation is 1. The summed E-state index contributed by atoms with van der Waals surface area (Å²) in [6, 6.07) is 0. The second-order valence-electron chi connectivity index (χ2n) is 3.00. The number of rotatable bonds is 3. The standard InChI is InChI=1S/C9H10BrN3S/c1-6-4-14-5-7(6)11-3-9-12-2-8(10)13-9/h2,4-5,11H,3H2,1H3,(H,12,13). The summed E-state index contributed by atoms with van der Waals surface area (Å²) in [4.78, 5) is 7.29. The summed E-state index contributed by atoms with van der Waals surface area (Å²) in [5.41, 5.74) is 2.46. The van der Waals surface area contributed by atoms with Crippen LogP contribution in [0.4, 0.5) is 5.69 Å². The van der Waals surface area contributed by atoms with Crippen molar-refractivity contribution >= 4 is 33.0 Å². The number of aromatic amines is 1. The van der Waals surface area contributed by atoms with Crippen molar-refractivity contribution in [2.75, 3.05) is 5.32 Å². The molecule has 5 heteroatoms. The van der Waals surface area contributed by atoms with E-state index in [0.29, 0.717) is 0 Å². The minimum atomic E-state index is 0.725. The summed E-state index contributed by atoms with van der Waals surface area (Å²) < 4.78 is 0.913. The summed E-state index contributed by atoms with van der Waals surface area (Å²) in [6.07, 6.45) is 1.76. The van der Waals surface area contributed by atoms with Crippen LogP contribution in [-0.2, 0) is 6.54 Å². The highest BCUT2D eigenvalue weighted by Gasteiger charge is 2.00. The molecule has 0 radical (unpaired) electrons. The van der Waals surface area contributed by atoms with Crippen molar-refractivity contribution in [1.82, 2.24) is 9.97 Å². The van der Waals surface area contributed by atoms with Crippen molar-refractivity contribution in [3.05, 3.63) is 32.9 Å². The SMILES string of the molecule is Cc1cscc1NCc1ncc(Br)[nH]1. The number of hydrogen-bond donors (Lipinski definition) is 2. The molecule has 2 rings (SSSR count). The Balaban J connectivity index is 1.98. The zero-order valence-electron chi connectivity index (χ0n) is 7.67. The van der Waals surface area contributed by atoms with Gasteiger partial charge in [-0.2, -0.15) is 0 Å². The highest BCUT2D eigenvalue weighted by molar-refractivity contribution is 9.10. The van der Waals surface area contributed by atoms with Crippen LogP contribution < -0.4 is 5.32 Å². The van der Waals surface area contributed by atoms with Gasteiger partial charge in [-0.3, -0.25) is 0 Å². The van der Waals surface area contributed by atoms with Gasteiger partial charge >= 0.3 is 0 Å². The normalized spacial score (nSPS) is 10.4. The number of halogens is 1. The summed E-state index contributed by atoms with van der Waals surface area (Å²) in [7, 11) is 0. The predicted octanol–water partition coefficient (Wildman–Crippen LogP) is 3.15. The fraction of sp³-hybridized carbons (Fsp3) is 0.222. The van der Waals surface area contributed by atoms with Crippen LogP contribution in [0.5, 0.6) is 0 Å². The smallest absolute Gasteiger partial charge is 0.126 e. The number of H-pyrrole nitrogens is 1. The van der Waals surface area contributed by atoms with Crippen LogP contribution in [0.15, 0.2) is 21.6 Å². The summed E-state index contributed by atoms with van der Waals surface area (Å²) >= 11 is 5.03. The lowest BCUT2D eigenvalue weighted by Gasteiger charge is -2.02. The van der Waals surface area contributed by atoms with Crippen molar-refractivity contribution in [2.24, 2.45) is 0 Å². The number of imidazole rings is 1.